The van der Waals surface area contributed by atoms with Crippen LogP contribution in [0.5, 0.6) is 0 Å². The van der Waals surface area contributed by atoms with Crippen molar-refractivity contribution < 1.29 is 9.90 Å². The number of thioether (sulfide) groups is 1. The van der Waals surface area contributed by atoms with Crippen LogP contribution in [0.3, 0.4) is 0 Å². The number of nitrogens with zero attached hydrogens (tertiary/aromatic N) is 2. The highest BCUT2D eigenvalue weighted by Crippen LogP contribution is 2.28. The van der Waals surface area contributed by atoms with Crippen molar-refractivity contribution in [3.05, 3.63) is 54.1 Å². The number of carboxylic acid groups (broad SMARTS) is 1. The molecule has 1 heterocycles. The number of fused-ring (bicyclic) bond motifs is 1. The van der Waals surface area contributed by atoms with Gasteiger partial charge in [-0.3, -0.25) is 0 Å². The molecule has 152 valence electrons. The van der Waals surface area contributed by atoms with Gasteiger partial charge in [-0.15, -0.1) is 0 Å². The van der Waals surface area contributed by atoms with E-state index in [4.69, 9.17) is 4.98 Å². The van der Waals surface area contributed by atoms with E-state index in [9.17, 15) is 9.90 Å². The van der Waals surface area contributed by atoms with Crippen LogP contribution >= 0.6 is 11.8 Å². The predicted octanol–water partition coefficient (Wildman–Crippen LogP) is 3.88. The van der Waals surface area contributed by atoms with Crippen molar-refractivity contribution >= 4 is 34.5 Å². The zero-order valence-electron chi connectivity index (χ0n) is 17.2. The van der Waals surface area contributed by atoms with E-state index >= 15 is 0 Å². The molecule has 1 atom stereocenters. The minimum Gasteiger partial charge on any atom is -0.548 e. The number of hydrogen-bond donors (Lipinski definition) is 1. The molecule has 0 fully saturated rings. The van der Waals surface area contributed by atoms with Crippen LogP contribution in [0, 0.1) is 0 Å². The van der Waals surface area contributed by atoms with Crippen LogP contribution in [-0.2, 0) is 10.2 Å². The first-order chi connectivity index (χ1) is 13.8. The molecule has 2 aromatic carbocycles. The predicted molar refractivity (Wildman–Crippen MR) is 119 cm³/mol. The Labute approximate surface area is 176 Å². The molecule has 29 heavy (non-hydrogen) atoms. The molecule has 6 heteroatoms. The highest BCUT2D eigenvalue weighted by atomic mass is 32.2. The van der Waals surface area contributed by atoms with Gasteiger partial charge in [0.2, 0.25) is 0 Å². The van der Waals surface area contributed by atoms with Crippen LogP contribution < -0.4 is 10.4 Å². The molecule has 3 aromatic rings. The van der Waals surface area contributed by atoms with Gasteiger partial charge in [0.05, 0.1) is 17.5 Å². The third-order valence-corrected chi connectivity index (χ3v) is 5.46. The van der Waals surface area contributed by atoms with Gasteiger partial charge < -0.3 is 15.2 Å². The second-order valence-electron chi connectivity index (χ2n) is 8.04. The highest BCUT2D eigenvalue weighted by molar-refractivity contribution is 7.98. The van der Waals surface area contributed by atoms with Crippen molar-refractivity contribution in [2.75, 3.05) is 17.3 Å². The smallest absolute Gasteiger partial charge is 0.162 e. The Morgan fingerprint density at radius 1 is 1.10 bits per heavy atom. The van der Waals surface area contributed by atoms with E-state index < -0.39 is 12.0 Å². The molecule has 0 spiro atoms. The molecule has 1 N–H and O–H groups in total. The second-order valence-corrected chi connectivity index (χ2v) is 9.02. The molecule has 5 nitrogen and oxygen atoms in total. The quantitative estimate of drug-likeness (QED) is 0.639. The number of para-hydroxylation sites is 1. The number of carbonyl (C=O) groups excluding carboxylic acids is 1. The fourth-order valence-corrected chi connectivity index (χ4v) is 3.56. The van der Waals surface area contributed by atoms with E-state index in [2.05, 4.69) is 43.2 Å². The molecular formula is C23H26N3O2S-. The Kier molecular flexibility index (Phi) is 6.42. The lowest BCUT2D eigenvalue weighted by atomic mass is 9.87. The van der Waals surface area contributed by atoms with Crippen LogP contribution in [0.25, 0.3) is 22.3 Å². The summed E-state index contributed by atoms with van der Waals surface area (Å²) in [5, 5.41) is 15.5. The zero-order chi connectivity index (χ0) is 21.0. The molecule has 0 saturated carbocycles. The standard InChI is InChI=1S/C23H27N3O2S/c1-23(2,3)16-11-9-15(10-12-16)20-24-18-8-6-5-7-17(18)21(26-20)25-19(22(27)28)13-14-29-4/h5-12,19H,13-14H2,1-4H3,(H,27,28)(H,24,25,26)/p-1/t19-/m0/s1. The Balaban J connectivity index is 2.03. The molecule has 0 amide bonds. The van der Waals surface area contributed by atoms with Gasteiger partial charge in [-0.05, 0) is 41.5 Å². The number of nitrogens with one attached hydrogen (secondary N) is 1. The number of hydrogen-bond acceptors (Lipinski definition) is 6. The SMILES string of the molecule is CSCC[C@H](Nc1nc(-c2ccc(C(C)(C)C)cc2)nc2ccccc12)C(=O)[O-]. The molecule has 0 aliphatic carbocycles. The third kappa shape index (κ3) is 5.07. The fraction of sp³-hybridized carbons (Fsp3) is 0.348. The number of aromatic nitrogens is 2. The zero-order valence-corrected chi connectivity index (χ0v) is 18.0. The summed E-state index contributed by atoms with van der Waals surface area (Å²) in [6.45, 7) is 6.52. The van der Waals surface area contributed by atoms with Gasteiger partial charge in [0.1, 0.15) is 5.82 Å². The summed E-state index contributed by atoms with van der Waals surface area (Å²) >= 11 is 1.60. The summed E-state index contributed by atoms with van der Waals surface area (Å²) in [4.78, 5) is 21.0. The van der Waals surface area contributed by atoms with Crippen LogP contribution in [0.4, 0.5) is 5.82 Å². The van der Waals surface area contributed by atoms with E-state index in [1.807, 2.05) is 42.7 Å². The van der Waals surface area contributed by atoms with E-state index in [0.717, 1.165) is 22.2 Å². The fourth-order valence-electron chi connectivity index (χ4n) is 3.08. The summed E-state index contributed by atoms with van der Waals surface area (Å²) in [5.74, 6) is 0.669. The number of aliphatic carboxylic acids is 1. The summed E-state index contributed by atoms with van der Waals surface area (Å²) in [6, 6.07) is 15.0. The molecule has 0 aliphatic rings. The molecule has 0 radical (unpaired) electrons. The van der Waals surface area contributed by atoms with Gasteiger partial charge in [0.25, 0.3) is 0 Å². The molecule has 1 aromatic heterocycles. The average Bonchev–Trinajstić information content (AvgIpc) is 2.70. The van der Waals surface area contributed by atoms with Gasteiger partial charge in [0, 0.05) is 10.9 Å². The van der Waals surface area contributed by atoms with E-state index in [0.29, 0.717) is 18.1 Å². The maximum absolute atomic E-state index is 11.6. The van der Waals surface area contributed by atoms with Crippen molar-refractivity contribution in [1.29, 1.82) is 0 Å². The Bertz CT molecular complexity index is 997. The third-order valence-electron chi connectivity index (χ3n) is 4.82. The Hall–Kier alpha value is -2.60. The maximum atomic E-state index is 11.6. The Morgan fingerprint density at radius 3 is 2.41 bits per heavy atom. The van der Waals surface area contributed by atoms with Gasteiger partial charge >= 0.3 is 0 Å². The van der Waals surface area contributed by atoms with Crippen molar-refractivity contribution in [2.45, 2.75) is 38.6 Å². The molecule has 0 bridgehead atoms. The van der Waals surface area contributed by atoms with E-state index in [1.54, 1.807) is 11.8 Å². The lowest BCUT2D eigenvalue weighted by Crippen LogP contribution is -2.41. The van der Waals surface area contributed by atoms with Gasteiger partial charge in [-0.1, -0.05) is 57.2 Å². The number of carboxylic acids is 1. The summed E-state index contributed by atoms with van der Waals surface area (Å²) in [6.07, 6.45) is 2.41. The van der Waals surface area contributed by atoms with Crippen molar-refractivity contribution in [3.63, 3.8) is 0 Å². The number of carbonyl (C=O) groups is 1. The molecule has 3 rings (SSSR count). The summed E-state index contributed by atoms with van der Waals surface area (Å²) < 4.78 is 0. The van der Waals surface area contributed by atoms with Gasteiger partial charge in [-0.25, -0.2) is 9.97 Å². The van der Waals surface area contributed by atoms with Crippen molar-refractivity contribution in [1.82, 2.24) is 9.97 Å². The van der Waals surface area contributed by atoms with Crippen molar-refractivity contribution in [2.24, 2.45) is 0 Å². The first-order valence-electron chi connectivity index (χ1n) is 9.63. The summed E-state index contributed by atoms with van der Waals surface area (Å²) in [5.41, 5.74) is 2.95. The largest absolute Gasteiger partial charge is 0.548 e. The lowest BCUT2D eigenvalue weighted by molar-refractivity contribution is -0.306. The van der Waals surface area contributed by atoms with Gasteiger partial charge in [-0.2, -0.15) is 11.8 Å². The average molecular weight is 409 g/mol. The topological polar surface area (TPSA) is 77.9 Å². The monoisotopic (exact) mass is 408 g/mol. The second kappa shape index (κ2) is 8.82. The van der Waals surface area contributed by atoms with Crippen LogP contribution in [0.2, 0.25) is 0 Å². The lowest BCUT2D eigenvalue weighted by Gasteiger charge is -2.21. The van der Waals surface area contributed by atoms with E-state index in [-0.39, 0.29) is 5.41 Å². The molecule has 0 saturated heterocycles. The first-order valence-corrected chi connectivity index (χ1v) is 11.0. The number of rotatable bonds is 7. The van der Waals surface area contributed by atoms with Crippen LogP contribution in [-0.4, -0.2) is 34.0 Å². The minimum absolute atomic E-state index is 0.0640. The molecule has 0 aliphatic heterocycles. The van der Waals surface area contributed by atoms with Gasteiger partial charge in [0.15, 0.2) is 5.82 Å². The van der Waals surface area contributed by atoms with Crippen LogP contribution in [0.15, 0.2) is 48.5 Å². The minimum atomic E-state index is -1.13. The molecule has 0 unspecified atom stereocenters. The summed E-state index contributed by atoms with van der Waals surface area (Å²) in [7, 11) is 0. The molecular weight excluding hydrogens is 382 g/mol. The first kappa shape index (κ1) is 21.1. The maximum Gasteiger partial charge on any atom is 0.162 e. The normalized spacial score (nSPS) is 12.7. The van der Waals surface area contributed by atoms with E-state index in [1.165, 1.54) is 5.56 Å². The Morgan fingerprint density at radius 2 is 1.79 bits per heavy atom. The number of benzene rings is 2. The highest BCUT2D eigenvalue weighted by Gasteiger charge is 2.16. The van der Waals surface area contributed by atoms with Crippen LogP contribution in [0.1, 0.15) is 32.8 Å². The number of anilines is 1. The van der Waals surface area contributed by atoms with Crippen molar-refractivity contribution in [3.8, 4) is 11.4 Å².